The molecule has 4 heteroatoms. The first kappa shape index (κ1) is 38.7. The maximum Gasteiger partial charge on any atom is -0.870 e. The molecule has 24 valence electrons. The zero-order valence-corrected chi connectivity index (χ0v) is 2.80. The minimum atomic E-state index is 0. The first-order valence-corrected chi connectivity index (χ1v) is 0.612. The first-order chi connectivity index (χ1) is 1.00. The number of hydrogen-bond acceptors (Lipinski definition) is 3. The summed E-state index contributed by atoms with van der Waals surface area (Å²) in [5.41, 5.74) is 0. The van der Waals surface area contributed by atoms with Crippen LogP contribution in [0.1, 0.15) is 0 Å². The van der Waals surface area contributed by atoms with Crippen LogP contribution in [0.2, 0.25) is 0 Å². The molecule has 0 heterocycles. The fourth-order valence-electron chi connectivity index (χ4n) is 0. The first-order valence-electron chi connectivity index (χ1n) is 0.204. The number of rotatable bonds is 0. The molecule has 0 bridgehead atoms. The van der Waals surface area contributed by atoms with Gasteiger partial charge in [-0.15, -0.1) is 0 Å². The van der Waals surface area contributed by atoms with Crippen molar-refractivity contribution in [2.45, 2.75) is 0 Å². The molecule has 0 aliphatic carbocycles. The molecule has 0 aliphatic heterocycles. The monoisotopic (exact) mass is 78.0 g/mol. The molecule has 0 radical (unpaired) electrons. The van der Waals surface area contributed by atoms with Crippen LogP contribution < -0.4 is 0 Å². The van der Waals surface area contributed by atoms with Gasteiger partial charge in [0.1, 0.15) is 0 Å². The van der Waals surface area contributed by atoms with Gasteiger partial charge in [-0.05, 0) is 0 Å². The summed E-state index contributed by atoms with van der Waals surface area (Å²) in [6, 6.07) is 0. The molecule has 0 aliphatic rings. The van der Waals surface area contributed by atoms with Gasteiger partial charge < -0.3 is 11.0 Å². The van der Waals surface area contributed by atoms with Crippen molar-refractivity contribution in [2.24, 2.45) is 0 Å². The summed E-state index contributed by atoms with van der Waals surface area (Å²) < 4.78 is 8.06. The second-order valence-corrected chi connectivity index (χ2v) is 0. The van der Waals surface area contributed by atoms with Gasteiger partial charge in [-0.1, -0.05) is 0 Å². The Morgan fingerprint density at radius 3 is 1.00 bits per heavy atom. The normalized spacial score (nSPS) is 1.50. The van der Waals surface area contributed by atoms with Crippen LogP contribution in [0.15, 0.2) is 0 Å². The molecule has 0 aromatic carbocycles. The molecule has 0 fully saturated rings. The number of hydrogen-bond donors (Lipinski definition) is 0. The SMILES string of the molecule is O=[Si+2].[OH-].[OH-]. The Labute approximate surface area is 26.7 Å². The molecule has 0 aromatic rings. The fourth-order valence-corrected chi connectivity index (χ4v) is 0. The van der Waals surface area contributed by atoms with Gasteiger partial charge in [0.2, 0.25) is 0 Å². The maximum absolute atomic E-state index is 8.06. The van der Waals surface area contributed by atoms with Crippen LogP contribution in [0.5, 0.6) is 0 Å². The average Bonchev–Trinajstić information content (AvgIpc) is 1.00. The molecule has 3 nitrogen and oxygen atoms in total. The van der Waals surface area contributed by atoms with E-state index in [2.05, 4.69) is 0 Å². The topological polar surface area (TPSA) is 77.1 Å². The smallest absolute Gasteiger partial charge is 0.870 e. The predicted molar refractivity (Wildman–Crippen MR) is 10.3 cm³/mol. The van der Waals surface area contributed by atoms with E-state index in [-0.39, 0.29) is 11.0 Å². The summed E-state index contributed by atoms with van der Waals surface area (Å²) in [5, 5.41) is 0. The Morgan fingerprint density at radius 2 is 1.00 bits per heavy atom. The quantitative estimate of drug-likeness (QED) is 0.354. The van der Waals surface area contributed by atoms with Gasteiger partial charge in [0, 0.05) is 0 Å². The van der Waals surface area contributed by atoms with Gasteiger partial charge in [0.25, 0.3) is 0 Å². The third-order valence-electron chi connectivity index (χ3n) is 0. The largest absolute Gasteiger partial charge is 0.870 e. The van der Waals surface area contributed by atoms with Crippen LogP contribution in [0, 0.1) is 0 Å². The van der Waals surface area contributed by atoms with Crippen molar-refractivity contribution in [3.05, 3.63) is 0 Å². The van der Waals surface area contributed by atoms with Crippen LogP contribution >= 0.6 is 0 Å². The van der Waals surface area contributed by atoms with Crippen LogP contribution in [-0.2, 0) is 4.46 Å². The third-order valence-corrected chi connectivity index (χ3v) is 0. The van der Waals surface area contributed by atoms with Crippen LogP contribution in [-0.4, -0.2) is 21.1 Å². The van der Waals surface area contributed by atoms with E-state index in [1.165, 1.54) is 0 Å². The standard InChI is InChI=1S/OSi.2H2O/c1-2;;/h;2*1H2/q+2;;/p-2. The minimum absolute atomic E-state index is 0. The van der Waals surface area contributed by atoms with E-state index >= 15 is 0 Å². The van der Waals surface area contributed by atoms with Gasteiger partial charge in [0.15, 0.2) is 0 Å². The second kappa shape index (κ2) is 2770. The molecule has 0 aromatic heterocycles. The molecular weight excluding hydrogens is 76.1 g/mol. The molecule has 0 amide bonds. The Hall–Kier alpha value is -0.0631. The molecule has 0 saturated carbocycles. The van der Waals surface area contributed by atoms with E-state index in [1.807, 2.05) is 0 Å². The molecule has 4 heavy (non-hydrogen) atoms. The van der Waals surface area contributed by atoms with Crippen molar-refractivity contribution in [1.29, 1.82) is 0 Å². The molecule has 0 unspecified atom stereocenters. The van der Waals surface area contributed by atoms with Crippen LogP contribution in [0.25, 0.3) is 0 Å². The molecular formula is H2O3Si. The Balaban J connectivity index is -0.00000000500. The van der Waals surface area contributed by atoms with Gasteiger partial charge in [0.05, 0.1) is 0 Å². The van der Waals surface area contributed by atoms with Crippen molar-refractivity contribution in [3.63, 3.8) is 0 Å². The van der Waals surface area contributed by atoms with Gasteiger partial charge >= 0.3 is 14.6 Å². The van der Waals surface area contributed by atoms with E-state index in [0.29, 0.717) is 0 Å². The minimum Gasteiger partial charge on any atom is -0.870 e. The van der Waals surface area contributed by atoms with Crippen molar-refractivity contribution in [1.82, 2.24) is 0 Å². The van der Waals surface area contributed by atoms with Crippen LogP contribution in [0.4, 0.5) is 0 Å². The molecule has 0 rings (SSSR count). The zero-order valence-electron chi connectivity index (χ0n) is 1.80. The van der Waals surface area contributed by atoms with Gasteiger partial charge in [-0.2, -0.15) is 0 Å². The van der Waals surface area contributed by atoms with Crippen molar-refractivity contribution >= 4 is 10.1 Å². The molecule has 0 atom stereocenters. The summed E-state index contributed by atoms with van der Waals surface area (Å²) >= 11 is 0. The van der Waals surface area contributed by atoms with Crippen molar-refractivity contribution in [3.8, 4) is 0 Å². The zero-order chi connectivity index (χ0) is 2.00. The summed E-state index contributed by atoms with van der Waals surface area (Å²) in [6.07, 6.45) is 0. The van der Waals surface area contributed by atoms with E-state index in [9.17, 15) is 0 Å². The Morgan fingerprint density at radius 1 is 1.00 bits per heavy atom. The van der Waals surface area contributed by atoms with Gasteiger partial charge in [-0.3, -0.25) is 0 Å². The van der Waals surface area contributed by atoms with E-state index < -0.39 is 0 Å². The third kappa shape index (κ3) is 427. The molecule has 2 N–H and O–H groups in total. The van der Waals surface area contributed by atoms with Crippen molar-refractivity contribution < 1.29 is 15.4 Å². The van der Waals surface area contributed by atoms with Crippen molar-refractivity contribution in [2.75, 3.05) is 0 Å². The van der Waals surface area contributed by atoms with Crippen LogP contribution in [0.3, 0.4) is 0 Å². The summed E-state index contributed by atoms with van der Waals surface area (Å²) in [6.45, 7) is 0. The molecule has 0 saturated heterocycles. The predicted octanol–water partition coefficient (Wildman–Crippen LogP) is -0.853. The van der Waals surface area contributed by atoms with E-state index in [0.717, 1.165) is 0 Å². The Bertz CT molecular complexity index is 3.25. The average molecular weight is 78.1 g/mol. The summed E-state index contributed by atoms with van der Waals surface area (Å²) in [4.78, 5) is 0. The Kier molecular flexibility index (Phi) is 26700. The summed E-state index contributed by atoms with van der Waals surface area (Å²) in [7, 11) is 1.72. The second-order valence-electron chi connectivity index (χ2n) is 0. The van der Waals surface area contributed by atoms with Gasteiger partial charge in [-0.25, -0.2) is 0 Å². The van der Waals surface area contributed by atoms with E-state index in [1.54, 1.807) is 10.1 Å². The molecule has 0 spiro atoms. The fraction of sp³-hybridized carbons (Fsp3) is 0. The van der Waals surface area contributed by atoms with E-state index in [4.69, 9.17) is 4.46 Å². The maximum atomic E-state index is 8.06. The summed E-state index contributed by atoms with van der Waals surface area (Å²) in [5.74, 6) is 0.